The fraction of sp³-hybridized carbons (Fsp3) is 0.133. The summed E-state index contributed by atoms with van der Waals surface area (Å²) in [5.41, 5.74) is 2.12. The summed E-state index contributed by atoms with van der Waals surface area (Å²) < 4.78 is 0.984. The van der Waals surface area contributed by atoms with Crippen molar-refractivity contribution in [2.75, 3.05) is 6.61 Å². The van der Waals surface area contributed by atoms with Crippen molar-refractivity contribution in [3.8, 4) is 11.8 Å². The summed E-state index contributed by atoms with van der Waals surface area (Å²) in [6, 6.07) is 12.0. The van der Waals surface area contributed by atoms with Gasteiger partial charge in [0.15, 0.2) is 0 Å². The van der Waals surface area contributed by atoms with Crippen molar-refractivity contribution in [2.24, 2.45) is 0 Å². The Morgan fingerprint density at radius 1 is 1.26 bits per heavy atom. The van der Waals surface area contributed by atoms with E-state index in [1.165, 1.54) is 5.56 Å². The van der Waals surface area contributed by atoms with E-state index in [1.807, 2.05) is 30.3 Å². The molecule has 4 heteroatoms. The summed E-state index contributed by atoms with van der Waals surface area (Å²) in [6.07, 6.45) is 1.80. The third-order valence-corrected chi connectivity index (χ3v) is 3.81. The normalized spacial score (nSPS) is 9.79. The SMILES string of the molecule is OCC#Cc1cccc(CSc2ccc(Br)cn2)c1. The number of pyridine rings is 1. The molecule has 2 rings (SSSR count). The van der Waals surface area contributed by atoms with Gasteiger partial charge in [-0.25, -0.2) is 4.98 Å². The molecule has 0 aliphatic heterocycles. The van der Waals surface area contributed by atoms with Crippen molar-refractivity contribution < 1.29 is 5.11 Å². The van der Waals surface area contributed by atoms with Crippen LogP contribution in [0.1, 0.15) is 11.1 Å². The average Bonchev–Trinajstić information content (AvgIpc) is 2.45. The van der Waals surface area contributed by atoms with Crippen LogP contribution in [0, 0.1) is 11.8 Å². The number of thioether (sulfide) groups is 1. The molecule has 1 aromatic heterocycles. The van der Waals surface area contributed by atoms with Crippen LogP contribution in [0.25, 0.3) is 0 Å². The second-order valence-electron chi connectivity index (χ2n) is 3.76. The molecule has 0 saturated heterocycles. The Morgan fingerprint density at radius 3 is 2.89 bits per heavy atom. The van der Waals surface area contributed by atoms with Gasteiger partial charge in [0.1, 0.15) is 6.61 Å². The van der Waals surface area contributed by atoms with E-state index in [0.717, 1.165) is 20.8 Å². The Morgan fingerprint density at radius 2 is 2.16 bits per heavy atom. The van der Waals surface area contributed by atoms with E-state index in [2.05, 4.69) is 38.8 Å². The number of aromatic nitrogens is 1. The van der Waals surface area contributed by atoms with Gasteiger partial charge < -0.3 is 5.11 Å². The highest BCUT2D eigenvalue weighted by molar-refractivity contribution is 9.10. The van der Waals surface area contributed by atoms with Gasteiger partial charge in [-0.2, -0.15) is 0 Å². The topological polar surface area (TPSA) is 33.1 Å². The molecule has 2 nitrogen and oxygen atoms in total. The molecule has 1 N–H and O–H groups in total. The van der Waals surface area contributed by atoms with Gasteiger partial charge in [-0.1, -0.05) is 24.0 Å². The maximum Gasteiger partial charge on any atom is 0.104 e. The number of aliphatic hydroxyl groups excluding tert-OH is 1. The van der Waals surface area contributed by atoms with Crippen molar-refractivity contribution in [3.63, 3.8) is 0 Å². The first kappa shape index (κ1) is 14.1. The summed E-state index contributed by atoms with van der Waals surface area (Å²) in [5.74, 6) is 6.41. The average molecular weight is 334 g/mol. The van der Waals surface area contributed by atoms with Crippen molar-refractivity contribution in [3.05, 3.63) is 58.2 Å². The van der Waals surface area contributed by atoms with Gasteiger partial charge in [0.05, 0.1) is 5.03 Å². The zero-order valence-electron chi connectivity index (χ0n) is 10.1. The standard InChI is InChI=1S/C15H12BrNOS/c16-14-6-7-15(17-10-14)19-11-13-4-1-3-12(9-13)5-2-8-18/h1,3-4,6-7,9-10,18H,8,11H2. The Bertz CT molecular complexity index is 602. The van der Waals surface area contributed by atoms with E-state index < -0.39 is 0 Å². The number of rotatable bonds is 3. The Balaban J connectivity index is 2.01. The van der Waals surface area contributed by atoms with Gasteiger partial charge in [0.25, 0.3) is 0 Å². The lowest BCUT2D eigenvalue weighted by atomic mass is 10.1. The van der Waals surface area contributed by atoms with Crippen LogP contribution in [0.2, 0.25) is 0 Å². The number of hydrogen-bond donors (Lipinski definition) is 1. The first-order valence-corrected chi connectivity index (χ1v) is 7.49. The van der Waals surface area contributed by atoms with E-state index in [-0.39, 0.29) is 6.61 Å². The molecule has 0 atom stereocenters. The fourth-order valence-corrected chi connectivity index (χ4v) is 2.51. The second kappa shape index (κ2) is 7.34. The minimum atomic E-state index is -0.109. The molecule has 0 aliphatic carbocycles. The van der Waals surface area contributed by atoms with E-state index in [0.29, 0.717) is 0 Å². The van der Waals surface area contributed by atoms with Crippen molar-refractivity contribution in [1.29, 1.82) is 0 Å². The van der Waals surface area contributed by atoms with Gasteiger partial charge >= 0.3 is 0 Å². The quantitative estimate of drug-likeness (QED) is 0.689. The molecule has 0 fully saturated rings. The van der Waals surface area contributed by atoms with Crippen molar-refractivity contribution in [1.82, 2.24) is 4.98 Å². The van der Waals surface area contributed by atoms with Crippen LogP contribution in [0.5, 0.6) is 0 Å². The predicted molar refractivity (Wildman–Crippen MR) is 81.9 cm³/mol. The van der Waals surface area contributed by atoms with Gasteiger partial charge in [-0.3, -0.25) is 0 Å². The van der Waals surface area contributed by atoms with Crippen molar-refractivity contribution in [2.45, 2.75) is 10.8 Å². The van der Waals surface area contributed by atoms with E-state index in [4.69, 9.17) is 5.11 Å². The first-order valence-electron chi connectivity index (χ1n) is 5.71. The van der Waals surface area contributed by atoms with Crippen LogP contribution in [-0.4, -0.2) is 16.7 Å². The van der Waals surface area contributed by atoms with Crippen LogP contribution < -0.4 is 0 Å². The van der Waals surface area contributed by atoms with Crippen LogP contribution in [-0.2, 0) is 5.75 Å². The summed E-state index contributed by atoms with van der Waals surface area (Å²) in [4.78, 5) is 4.32. The van der Waals surface area contributed by atoms with Crippen LogP contribution in [0.15, 0.2) is 52.1 Å². The number of benzene rings is 1. The molecule has 96 valence electrons. The maximum atomic E-state index is 8.68. The molecule has 1 aromatic carbocycles. The van der Waals surface area contributed by atoms with Crippen LogP contribution in [0.4, 0.5) is 0 Å². The first-order chi connectivity index (χ1) is 9.28. The number of halogens is 1. The van der Waals surface area contributed by atoms with Gasteiger partial charge in [-0.05, 0) is 45.8 Å². The molecule has 0 spiro atoms. The highest BCUT2D eigenvalue weighted by atomic mass is 79.9. The summed E-state index contributed by atoms with van der Waals surface area (Å²) in [5, 5.41) is 9.68. The zero-order valence-corrected chi connectivity index (χ0v) is 12.5. The molecule has 1 heterocycles. The lowest BCUT2D eigenvalue weighted by molar-refractivity contribution is 0.350. The van der Waals surface area contributed by atoms with E-state index in [1.54, 1.807) is 18.0 Å². The van der Waals surface area contributed by atoms with Crippen molar-refractivity contribution >= 4 is 27.7 Å². The molecule has 0 aliphatic rings. The highest BCUT2D eigenvalue weighted by Gasteiger charge is 1.98. The maximum absolute atomic E-state index is 8.68. The third-order valence-electron chi connectivity index (χ3n) is 2.33. The summed E-state index contributed by atoms with van der Waals surface area (Å²) in [6.45, 7) is -0.109. The predicted octanol–water partition coefficient (Wildman–Crippen LogP) is 3.48. The number of aliphatic hydroxyl groups is 1. The summed E-state index contributed by atoms with van der Waals surface area (Å²) >= 11 is 5.05. The lowest BCUT2D eigenvalue weighted by Gasteiger charge is -2.02. The Hall–Kier alpha value is -1.28. The highest BCUT2D eigenvalue weighted by Crippen LogP contribution is 2.22. The van der Waals surface area contributed by atoms with Crippen LogP contribution >= 0.6 is 27.7 Å². The molecular formula is C15H12BrNOS. The van der Waals surface area contributed by atoms with Gasteiger partial charge in [0.2, 0.25) is 0 Å². The monoisotopic (exact) mass is 333 g/mol. The molecule has 0 saturated carbocycles. The Labute approximate surface area is 125 Å². The second-order valence-corrected chi connectivity index (χ2v) is 5.67. The van der Waals surface area contributed by atoms with E-state index >= 15 is 0 Å². The molecule has 0 radical (unpaired) electrons. The largest absolute Gasteiger partial charge is 0.384 e. The third kappa shape index (κ3) is 4.71. The minimum absolute atomic E-state index is 0.109. The molecule has 19 heavy (non-hydrogen) atoms. The minimum Gasteiger partial charge on any atom is -0.384 e. The van der Waals surface area contributed by atoms with Gasteiger partial charge in [0, 0.05) is 22.0 Å². The zero-order chi connectivity index (χ0) is 13.5. The Kier molecular flexibility index (Phi) is 5.46. The number of hydrogen-bond acceptors (Lipinski definition) is 3. The number of nitrogens with zero attached hydrogens (tertiary/aromatic N) is 1. The molecule has 0 unspecified atom stereocenters. The molecule has 0 bridgehead atoms. The van der Waals surface area contributed by atoms with E-state index in [9.17, 15) is 0 Å². The molecular weight excluding hydrogens is 322 g/mol. The smallest absolute Gasteiger partial charge is 0.104 e. The molecule has 2 aromatic rings. The lowest BCUT2D eigenvalue weighted by Crippen LogP contribution is -1.85. The molecule has 0 amide bonds. The fourth-order valence-electron chi connectivity index (χ4n) is 1.49. The summed E-state index contributed by atoms with van der Waals surface area (Å²) in [7, 11) is 0. The van der Waals surface area contributed by atoms with Gasteiger partial charge in [-0.15, -0.1) is 11.8 Å². The van der Waals surface area contributed by atoms with Crippen LogP contribution in [0.3, 0.4) is 0 Å².